The second-order valence-corrected chi connectivity index (χ2v) is 3.27. The van der Waals surface area contributed by atoms with Crippen molar-refractivity contribution < 1.29 is 19.4 Å². The lowest BCUT2D eigenvalue weighted by Gasteiger charge is -2.08. The van der Waals surface area contributed by atoms with Crippen LogP contribution < -0.4 is 4.74 Å². The van der Waals surface area contributed by atoms with Gasteiger partial charge in [-0.15, -0.1) is 0 Å². The molecule has 5 heteroatoms. The molecule has 0 unspecified atom stereocenters. The Bertz CT molecular complexity index is 462. The van der Waals surface area contributed by atoms with Gasteiger partial charge in [-0.1, -0.05) is 0 Å². The zero-order valence-corrected chi connectivity index (χ0v) is 9.69. The van der Waals surface area contributed by atoms with Crippen LogP contribution in [0.4, 0.5) is 0 Å². The normalized spacial score (nSPS) is 9.47. The van der Waals surface area contributed by atoms with Gasteiger partial charge in [0.1, 0.15) is 11.5 Å². The number of benzene rings is 1. The largest absolute Gasteiger partial charge is 0.507 e. The molecule has 0 aliphatic rings. The van der Waals surface area contributed by atoms with Crippen molar-refractivity contribution >= 4 is 5.97 Å². The number of aromatic hydroxyl groups is 1. The van der Waals surface area contributed by atoms with Crippen LogP contribution in [-0.2, 0) is 16.0 Å². The van der Waals surface area contributed by atoms with E-state index in [1.165, 1.54) is 19.2 Å². The number of esters is 1. The van der Waals surface area contributed by atoms with E-state index in [4.69, 9.17) is 14.7 Å². The van der Waals surface area contributed by atoms with Crippen molar-refractivity contribution in [3.05, 3.63) is 23.3 Å². The van der Waals surface area contributed by atoms with E-state index in [-0.39, 0.29) is 29.9 Å². The Kier molecular flexibility index (Phi) is 4.35. The molecule has 5 nitrogen and oxygen atoms in total. The van der Waals surface area contributed by atoms with Gasteiger partial charge in [-0.2, -0.15) is 5.26 Å². The van der Waals surface area contributed by atoms with Gasteiger partial charge in [0.15, 0.2) is 0 Å². The summed E-state index contributed by atoms with van der Waals surface area (Å²) < 4.78 is 9.68. The first kappa shape index (κ1) is 12.8. The maximum Gasteiger partial charge on any atom is 0.310 e. The highest BCUT2D eigenvalue weighted by Crippen LogP contribution is 2.28. The summed E-state index contributed by atoms with van der Waals surface area (Å²) >= 11 is 0. The lowest BCUT2D eigenvalue weighted by molar-refractivity contribution is -0.142. The molecule has 0 saturated carbocycles. The minimum atomic E-state index is -0.482. The third kappa shape index (κ3) is 3.11. The molecular formula is C12H13NO4. The van der Waals surface area contributed by atoms with Crippen molar-refractivity contribution in [2.24, 2.45) is 0 Å². The summed E-state index contributed by atoms with van der Waals surface area (Å²) in [4.78, 5) is 11.3. The predicted octanol–water partition coefficient (Wildman–Crippen LogP) is 1.38. The van der Waals surface area contributed by atoms with Crippen LogP contribution >= 0.6 is 0 Å². The van der Waals surface area contributed by atoms with Crippen molar-refractivity contribution in [3.63, 3.8) is 0 Å². The number of nitrogens with zero attached hydrogens (tertiary/aromatic N) is 1. The third-order valence-corrected chi connectivity index (χ3v) is 2.18. The van der Waals surface area contributed by atoms with E-state index in [0.29, 0.717) is 5.75 Å². The van der Waals surface area contributed by atoms with E-state index in [1.807, 2.05) is 6.07 Å². The van der Waals surface area contributed by atoms with Gasteiger partial charge in [0.25, 0.3) is 0 Å². The standard InChI is InChI=1S/C12H13NO4/c1-3-17-12(15)6-10-8(7-13)4-9(16-2)5-11(10)14/h4-5,14H,3,6H2,1-2H3. The Morgan fingerprint density at radius 3 is 2.76 bits per heavy atom. The van der Waals surface area contributed by atoms with Gasteiger partial charge in [-0.3, -0.25) is 4.79 Å². The van der Waals surface area contributed by atoms with Crippen molar-refractivity contribution in [3.8, 4) is 17.6 Å². The van der Waals surface area contributed by atoms with Crippen molar-refractivity contribution in [1.29, 1.82) is 5.26 Å². The first-order valence-corrected chi connectivity index (χ1v) is 5.08. The number of phenols is 1. The van der Waals surface area contributed by atoms with Crippen LogP contribution in [0.1, 0.15) is 18.1 Å². The first-order valence-electron chi connectivity index (χ1n) is 5.08. The van der Waals surface area contributed by atoms with Crippen LogP contribution in [0.25, 0.3) is 0 Å². The second kappa shape index (κ2) is 5.75. The molecule has 0 aliphatic heterocycles. The first-order chi connectivity index (χ1) is 8.12. The van der Waals surface area contributed by atoms with Gasteiger partial charge in [-0.25, -0.2) is 0 Å². The van der Waals surface area contributed by atoms with E-state index in [1.54, 1.807) is 6.92 Å². The molecule has 0 aliphatic carbocycles. The van der Waals surface area contributed by atoms with Gasteiger partial charge >= 0.3 is 5.97 Å². The molecule has 1 aromatic rings. The second-order valence-electron chi connectivity index (χ2n) is 3.27. The SMILES string of the molecule is CCOC(=O)Cc1c(O)cc(OC)cc1C#N. The highest BCUT2D eigenvalue weighted by Gasteiger charge is 2.15. The molecule has 1 N–H and O–H groups in total. The van der Waals surface area contributed by atoms with Crippen LogP contribution in [0.15, 0.2) is 12.1 Å². The fourth-order valence-electron chi connectivity index (χ4n) is 1.39. The van der Waals surface area contributed by atoms with E-state index in [0.717, 1.165) is 0 Å². The van der Waals surface area contributed by atoms with E-state index >= 15 is 0 Å². The van der Waals surface area contributed by atoms with Crippen LogP contribution in [0.2, 0.25) is 0 Å². The average Bonchev–Trinajstić information content (AvgIpc) is 2.31. The van der Waals surface area contributed by atoms with Crippen LogP contribution in [-0.4, -0.2) is 24.8 Å². The molecular weight excluding hydrogens is 222 g/mol. The molecule has 0 atom stereocenters. The molecule has 0 bridgehead atoms. The molecule has 0 radical (unpaired) electrons. The average molecular weight is 235 g/mol. The highest BCUT2D eigenvalue weighted by atomic mass is 16.5. The highest BCUT2D eigenvalue weighted by molar-refractivity contribution is 5.75. The van der Waals surface area contributed by atoms with Crippen molar-refractivity contribution in [2.75, 3.05) is 13.7 Å². The maximum absolute atomic E-state index is 11.3. The molecule has 1 aromatic carbocycles. The Morgan fingerprint density at radius 1 is 1.53 bits per heavy atom. The smallest absolute Gasteiger partial charge is 0.310 e. The topological polar surface area (TPSA) is 79.6 Å². The summed E-state index contributed by atoms with van der Waals surface area (Å²) in [5.74, 6) is -0.259. The minimum Gasteiger partial charge on any atom is -0.507 e. The third-order valence-electron chi connectivity index (χ3n) is 2.18. The molecule has 90 valence electrons. The van der Waals surface area contributed by atoms with Gasteiger partial charge < -0.3 is 14.6 Å². The summed E-state index contributed by atoms with van der Waals surface area (Å²) in [6.45, 7) is 1.95. The predicted molar refractivity (Wildman–Crippen MR) is 59.7 cm³/mol. The van der Waals surface area contributed by atoms with Crippen LogP contribution in [0, 0.1) is 11.3 Å². The lowest BCUT2D eigenvalue weighted by Crippen LogP contribution is -2.09. The van der Waals surface area contributed by atoms with Gasteiger partial charge in [0.05, 0.1) is 31.8 Å². The molecule has 0 aromatic heterocycles. The summed E-state index contributed by atoms with van der Waals surface area (Å²) in [6, 6.07) is 4.73. The summed E-state index contributed by atoms with van der Waals surface area (Å²) in [7, 11) is 1.43. The Labute approximate surface area is 99.2 Å². The number of hydrogen-bond acceptors (Lipinski definition) is 5. The number of methoxy groups -OCH3 is 1. The van der Waals surface area contributed by atoms with Crippen molar-refractivity contribution in [1.82, 2.24) is 0 Å². The summed E-state index contributed by atoms with van der Waals surface area (Å²) in [5.41, 5.74) is 0.460. The van der Waals surface area contributed by atoms with E-state index in [2.05, 4.69) is 0 Å². The monoisotopic (exact) mass is 235 g/mol. The zero-order valence-electron chi connectivity index (χ0n) is 9.69. The molecule has 17 heavy (non-hydrogen) atoms. The zero-order chi connectivity index (χ0) is 12.8. The Morgan fingerprint density at radius 2 is 2.24 bits per heavy atom. The Balaban J connectivity index is 3.07. The van der Waals surface area contributed by atoms with E-state index in [9.17, 15) is 9.90 Å². The molecule has 0 saturated heterocycles. The minimum absolute atomic E-state index is 0.132. The molecule has 0 fully saturated rings. The van der Waals surface area contributed by atoms with Crippen molar-refractivity contribution in [2.45, 2.75) is 13.3 Å². The fraction of sp³-hybridized carbons (Fsp3) is 0.333. The number of phenolic OH excluding ortho intramolecular Hbond substituents is 1. The number of ether oxygens (including phenoxy) is 2. The number of nitriles is 1. The lowest BCUT2D eigenvalue weighted by atomic mass is 10.0. The number of carbonyl (C=O) groups is 1. The summed E-state index contributed by atoms with van der Waals surface area (Å²) in [5, 5.41) is 18.6. The maximum atomic E-state index is 11.3. The molecule has 0 amide bonds. The van der Waals surface area contributed by atoms with Crippen LogP contribution in [0.5, 0.6) is 11.5 Å². The molecule has 0 spiro atoms. The van der Waals surface area contributed by atoms with Gasteiger partial charge in [-0.05, 0) is 13.0 Å². The Hall–Kier alpha value is -2.22. The number of carbonyl (C=O) groups excluding carboxylic acids is 1. The van der Waals surface area contributed by atoms with E-state index < -0.39 is 5.97 Å². The molecule has 0 heterocycles. The molecule has 1 rings (SSSR count). The van der Waals surface area contributed by atoms with Gasteiger partial charge in [0.2, 0.25) is 0 Å². The van der Waals surface area contributed by atoms with Crippen LogP contribution in [0.3, 0.4) is 0 Å². The fourth-order valence-corrected chi connectivity index (χ4v) is 1.39. The number of hydrogen-bond donors (Lipinski definition) is 1. The van der Waals surface area contributed by atoms with Gasteiger partial charge in [0, 0.05) is 11.6 Å². The quantitative estimate of drug-likeness (QED) is 0.797. The summed E-state index contributed by atoms with van der Waals surface area (Å²) in [6.07, 6.45) is -0.132. The number of rotatable bonds is 4.